The summed E-state index contributed by atoms with van der Waals surface area (Å²) in [5.74, 6) is -0.146. The van der Waals surface area contributed by atoms with E-state index in [4.69, 9.17) is 0 Å². The molecular formula is C21H24N4O3S. The molecule has 1 aromatic carbocycles. The van der Waals surface area contributed by atoms with Crippen molar-refractivity contribution in [3.8, 4) is 11.3 Å². The number of urea groups is 1. The molecule has 7 nitrogen and oxygen atoms in total. The minimum atomic E-state index is -0.881. The number of nitrogens with one attached hydrogen (secondary N) is 2. The van der Waals surface area contributed by atoms with E-state index in [2.05, 4.69) is 41.6 Å². The lowest BCUT2D eigenvalue weighted by atomic mass is 9.96. The predicted octanol–water partition coefficient (Wildman–Crippen LogP) is 3.59. The van der Waals surface area contributed by atoms with Crippen LogP contribution in [0.25, 0.3) is 11.3 Å². The molecule has 1 atom stereocenters. The van der Waals surface area contributed by atoms with Gasteiger partial charge in [-0.3, -0.25) is 14.5 Å². The molecule has 4 rings (SSSR count). The van der Waals surface area contributed by atoms with E-state index in [0.717, 1.165) is 29.0 Å². The van der Waals surface area contributed by atoms with Crippen LogP contribution in [-0.4, -0.2) is 39.8 Å². The number of rotatable bonds is 6. The first-order chi connectivity index (χ1) is 13.8. The number of anilines is 1. The molecule has 29 heavy (non-hydrogen) atoms. The second kappa shape index (κ2) is 7.26. The topological polar surface area (TPSA) is 91.4 Å². The normalized spacial score (nSPS) is 21.6. The molecule has 0 bridgehead atoms. The fourth-order valence-corrected chi connectivity index (χ4v) is 4.34. The van der Waals surface area contributed by atoms with Crippen molar-refractivity contribution in [2.75, 3.05) is 11.9 Å². The summed E-state index contributed by atoms with van der Waals surface area (Å²) in [6.07, 6.45) is 1.84. The minimum Gasteiger partial charge on any atom is -0.323 e. The van der Waals surface area contributed by atoms with Gasteiger partial charge in [-0.2, -0.15) is 0 Å². The summed E-state index contributed by atoms with van der Waals surface area (Å²) >= 11 is 1.31. The highest BCUT2D eigenvalue weighted by Gasteiger charge is 2.56. The van der Waals surface area contributed by atoms with Gasteiger partial charge in [-0.15, -0.1) is 11.3 Å². The Labute approximate surface area is 173 Å². The van der Waals surface area contributed by atoms with Gasteiger partial charge in [-0.1, -0.05) is 38.1 Å². The number of imide groups is 1. The molecule has 1 unspecified atom stereocenters. The number of hydrogen-bond acceptors (Lipinski definition) is 5. The number of carbonyl (C=O) groups is 3. The Kier molecular flexibility index (Phi) is 4.90. The molecule has 0 spiro atoms. The Morgan fingerprint density at radius 1 is 1.31 bits per heavy atom. The van der Waals surface area contributed by atoms with Crippen LogP contribution in [0.2, 0.25) is 0 Å². The van der Waals surface area contributed by atoms with Crippen LogP contribution in [0.5, 0.6) is 0 Å². The zero-order valence-corrected chi connectivity index (χ0v) is 17.5. The van der Waals surface area contributed by atoms with Crippen LogP contribution in [0.4, 0.5) is 9.93 Å². The monoisotopic (exact) mass is 412 g/mol. The zero-order valence-electron chi connectivity index (χ0n) is 16.7. The third-order valence-corrected chi connectivity index (χ3v) is 6.38. The maximum Gasteiger partial charge on any atom is 0.325 e. The predicted molar refractivity (Wildman–Crippen MR) is 112 cm³/mol. The van der Waals surface area contributed by atoms with Crippen molar-refractivity contribution in [1.82, 2.24) is 15.2 Å². The average Bonchev–Trinajstić information content (AvgIpc) is 3.41. The summed E-state index contributed by atoms with van der Waals surface area (Å²) in [6, 6.07) is 7.67. The van der Waals surface area contributed by atoms with Crippen LogP contribution in [0.1, 0.15) is 45.1 Å². The first-order valence-corrected chi connectivity index (χ1v) is 10.7. The van der Waals surface area contributed by atoms with Gasteiger partial charge in [0.05, 0.1) is 5.69 Å². The number of amides is 4. The Bertz CT molecular complexity index is 965. The van der Waals surface area contributed by atoms with Crippen LogP contribution in [-0.2, 0) is 9.59 Å². The van der Waals surface area contributed by atoms with Gasteiger partial charge in [0.25, 0.3) is 5.91 Å². The summed E-state index contributed by atoms with van der Waals surface area (Å²) < 4.78 is 0. The summed E-state index contributed by atoms with van der Waals surface area (Å²) in [7, 11) is 0. The number of aromatic nitrogens is 1. The van der Waals surface area contributed by atoms with E-state index in [1.807, 2.05) is 17.5 Å². The number of benzene rings is 1. The quantitative estimate of drug-likeness (QED) is 0.710. The molecule has 2 fully saturated rings. The molecule has 1 aliphatic heterocycles. The van der Waals surface area contributed by atoms with Gasteiger partial charge in [0.15, 0.2) is 5.13 Å². The summed E-state index contributed by atoms with van der Waals surface area (Å²) in [5, 5.41) is 7.75. The van der Waals surface area contributed by atoms with Crippen LogP contribution >= 0.6 is 11.3 Å². The highest BCUT2D eigenvalue weighted by atomic mass is 32.1. The fourth-order valence-electron chi connectivity index (χ4n) is 3.60. The second-order valence-corrected chi connectivity index (χ2v) is 9.02. The molecule has 1 saturated heterocycles. The molecule has 152 valence electrons. The Balaban J connectivity index is 1.39. The van der Waals surface area contributed by atoms with Crippen molar-refractivity contribution < 1.29 is 14.4 Å². The largest absolute Gasteiger partial charge is 0.325 e. The SMILES string of the molecule is CC(C)c1ccc(-c2csc(NC(=O)CN3C(=O)NC(C)(C4CC4)C3=O)n2)cc1. The van der Waals surface area contributed by atoms with Gasteiger partial charge in [-0.05, 0) is 37.2 Å². The van der Waals surface area contributed by atoms with E-state index in [9.17, 15) is 14.4 Å². The zero-order chi connectivity index (χ0) is 20.8. The summed E-state index contributed by atoms with van der Waals surface area (Å²) in [5.41, 5.74) is 2.12. The number of thiazole rings is 1. The van der Waals surface area contributed by atoms with Gasteiger partial charge < -0.3 is 10.6 Å². The molecule has 1 aliphatic carbocycles. The van der Waals surface area contributed by atoms with E-state index in [0.29, 0.717) is 11.0 Å². The second-order valence-electron chi connectivity index (χ2n) is 8.16. The fraction of sp³-hybridized carbons (Fsp3) is 0.429. The summed E-state index contributed by atoms with van der Waals surface area (Å²) in [6.45, 7) is 5.71. The number of carbonyl (C=O) groups excluding carboxylic acids is 3. The molecule has 2 aliphatic rings. The van der Waals surface area contributed by atoms with Crippen molar-refractivity contribution in [2.45, 2.75) is 45.1 Å². The molecule has 1 saturated carbocycles. The molecule has 2 aromatic rings. The maximum absolute atomic E-state index is 12.6. The highest BCUT2D eigenvalue weighted by Crippen LogP contribution is 2.42. The van der Waals surface area contributed by atoms with Crippen LogP contribution in [0, 0.1) is 5.92 Å². The first-order valence-electron chi connectivity index (χ1n) is 9.77. The third-order valence-electron chi connectivity index (χ3n) is 5.62. The molecular weight excluding hydrogens is 388 g/mol. The van der Waals surface area contributed by atoms with Crippen molar-refractivity contribution in [1.29, 1.82) is 0 Å². The molecule has 0 radical (unpaired) electrons. The van der Waals surface area contributed by atoms with E-state index in [-0.39, 0.29) is 18.4 Å². The smallest absolute Gasteiger partial charge is 0.323 e. The van der Waals surface area contributed by atoms with Gasteiger partial charge in [0.2, 0.25) is 5.91 Å². The van der Waals surface area contributed by atoms with E-state index in [1.165, 1.54) is 16.9 Å². The number of nitrogens with zero attached hydrogens (tertiary/aromatic N) is 2. The number of hydrogen-bond donors (Lipinski definition) is 2. The van der Waals surface area contributed by atoms with E-state index >= 15 is 0 Å². The Hall–Kier alpha value is -2.74. The standard InChI is InChI=1S/C21H24N4O3S/c1-12(2)13-4-6-14(7-5-13)16-11-29-19(22-16)23-17(26)10-25-18(27)21(3,15-8-9-15)24-20(25)28/h4-7,11-12,15H,8-10H2,1-3H3,(H,24,28)(H,22,23,26). The van der Waals surface area contributed by atoms with Gasteiger partial charge in [0, 0.05) is 10.9 Å². The van der Waals surface area contributed by atoms with E-state index in [1.54, 1.807) is 6.92 Å². The first kappa shape index (κ1) is 19.6. The van der Waals surface area contributed by atoms with Crippen molar-refractivity contribution in [3.05, 3.63) is 35.2 Å². The molecule has 2 heterocycles. The minimum absolute atomic E-state index is 0.163. The van der Waals surface area contributed by atoms with Crippen LogP contribution in [0.15, 0.2) is 29.6 Å². The third kappa shape index (κ3) is 3.76. The highest BCUT2D eigenvalue weighted by molar-refractivity contribution is 7.14. The van der Waals surface area contributed by atoms with Crippen molar-refractivity contribution >= 4 is 34.3 Å². The molecule has 1 aromatic heterocycles. The lowest BCUT2D eigenvalue weighted by Gasteiger charge is -2.20. The molecule has 8 heteroatoms. The summed E-state index contributed by atoms with van der Waals surface area (Å²) in [4.78, 5) is 42.7. The van der Waals surface area contributed by atoms with Gasteiger partial charge in [0.1, 0.15) is 12.1 Å². The van der Waals surface area contributed by atoms with Crippen molar-refractivity contribution in [3.63, 3.8) is 0 Å². The Morgan fingerprint density at radius 2 is 2.00 bits per heavy atom. The molecule has 2 N–H and O–H groups in total. The maximum atomic E-state index is 12.6. The van der Waals surface area contributed by atoms with Crippen LogP contribution in [0.3, 0.4) is 0 Å². The van der Waals surface area contributed by atoms with Crippen LogP contribution < -0.4 is 10.6 Å². The van der Waals surface area contributed by atoms with E-state index < -0.39 is 17.5 Å². The average molecular weight is 413 g/mol. The lowest BCUT2D eigenvalue weighted by Crippen LogP contribution is -2.46. The van der Waals surface area contributed by atoms with Crippen molar-refractivity contribution in [2.24, 2.45) is 5.92 Å². The van der Waals surface area contributed by atoms with Gasteiger partial charge in [-0.25, -0.2) is 9.78 Å². The molecule has 4 amide bonds. The lowest BCUT2D eigenvalue weighted by molar-refractivity contribution is -0.134. The van der Waals surface area contributed by atoms with Gasteiger partial charge >= 0.3 is 6.03 Å². The Morgan fingerprint density at radius 3 is 2.62 bits per heavy atom.